The van der Waals surface area contributed by atoms with Crippen molar-refractivity contribution in [3.63, 3.8) is 0 Å². The Labute approximate surface area is 92.7 Å². The zero-order chi connectivity index (χ0) is 9.94. The molecule has 0 bridgehead atoms. The standard InChI is InChI=1S/C9H14INO2/c1-2-3-4-7-11-9(12)13-8-5-6-10/h2-4,7-8H2,1H3,(H,11,12). The number of nitrogens with one attached hydrogen (secondary N) is 1. The van der Waals surface area contributed by atoms with Crippen LogP contribution in [0.25, 0.3) is 0 Å². The smallest absolute Gasteiger partial charge is 0.408 e. The van der Waals surface area contributed by atoms with E-state index in [0.717, 1.165) is 19.3 Å². The summed E-state index contributed by atoms with van der Waals surface area (Å²) in [4.78, 5) is 10.9. The fraction of sp³-hybridized carbons (Fsp3) is 0.667. The maximum Gasteiger partial charge on any atom is 0.408 e. The number of amides is 1. The normalized spacial score (nSPS) is 8.46. The Kier molecular flexibility index (Phi) is 9.32. The molecule has 0 aliphatic heterocycles. The molecule has 0 heterocycles. The Bertz CT molecular complexity index is 196. The summed E-state index contributed by atoms with van der Waals surface area (Å²) < 4.78 is 7.35. The molecule has 0 aliphatic rings. The molecule has 0 aromatic rings. The van der Waals surface area contributed by atoms with Crippen LogP contribution in [0.15, 0.2) is 0 Å². The van der Waals surface area contributed by atoms with E-state index in [0.29, 0.717) is 6.54 Å². The van der Waals surface area contributed by atoms with E-state index in [1.165, 1.54) is 0 Å². The number of rotatable bonds is 5. The first kappa shape index (κ1) is 12.6. The SMILES string of the molecule is CCCCCNC(=O)OCC#CI. The maximum atomic E-state index is 10.9. The molecule has 0 rings (SSSR count). The van der Waals surface area contributed by atoms with Crippen LogP contribution in [0.1, 0.15) is 26.2 Å². The molecule has 0 aliphatic carbocycles. The molecule has 1 amide bonds. The van der Waals surface area contributed by atoms with Crippen LogP contribution in [-0.2, 0) is 4.74 Å². The topological polar surface area (TPSA) is 38.3 Å². The molecule has 0 fully saturated rings. The van der Waals surface area contributed by atoms with Crippen molar-refractivity contribution in [1.82, 2.24) is 5.32 Å². The van der Waals surface area contributed by atoms with Gasteiger partial charge in [-0.1, -0.05) is 25.7 Å². The molecule has 4 heteroatoms. The number of alkyl carbamates (subject to hydrolysis) is 1. The van der Waals surface area contributed by atoms with Crippen LogP contribution >= 0.6 is 22.6 Å². The molecule has 0 saturated carbocycles. The highest BCUT2D eigenvalue weighted by molar-refractivity contribution is 14.1. The molecule has 0 saturated heterocycles. The van der Waals surface area contributed by atoms with E-state index in [2.05, 4.69) is 22.1 Å². The van der Waals surface area contributed by atoms with E-state index < -0.39 is 0 Å². The van der Waals surface area contributed by atoms with Gasteiger partial charge in [0.15, 0.2) is 6.61 Å². The van der Waals surface area contributed by atoms with Crippen molar-refractivity contribution in [2.24, 2.45) is 0 Å². The van der Waals surface area contributed by atoms with Gasteiger partial charge in [-0.05, 0) is 10.3 Å². The van der Waals surface area contributed by atoms with E-state index in [-0.39, 0.29) is 12.7 Å². The minimum atomic E-state index is -0.379. The van der Waals surface area contributed by atoms with Gasteiger partial charge in [0.05, 0.1) is 0 Å². The molecule has 0 aromatic heterocycles. The van der Waals surface area contributed by atoms with Gasteiger partial charge in [-0.15, -0.1) is 0 Å². The van der Waals surface area contributed by atoms with Crippen molar-refractivity contribution < 1.29 is 9.53 Å². The lowest BCUT2D eigenvalue weighted by Crippen LogP contribution is -2.25. The van der Waals surface area contributed by atoms with Gasteiger partial charge < -0.3 is 10.1 Å². The third-order valence-electron chi connectivity index (χ3n) is 1.39. The van der Waals surface area contributed by atoms with Gasteiger partial charge in [-0.3, -0.25) is 0 Å². The zero-order valence-corrected chi connectivity index (χ0v) is 9.89. The molecule has 74 valence electrons. The van der Waals surface area contributed by atoms with Gasteiger partial charge in [0.1, 0.15) is 0 Å². The average Bonchev–Trinajstić information content (AvgIpc) is 2.13. The second-order valence-electron chi connectivity index (χ2n) is 2.48. The molecule has 1 N–H and O–H groups in total. The van der Waals surface area contributed by atoms with Crippen molar-refractivity contribution in [3.8, 4) is 9.85 Å². The Balaban J connectivity index is 3.23. The largest absolute Gasteiger partial charge is 0.436 e. The first-order valence-electron chi connectivity index (χ1n) is 4.30. The van der Waals surface area contributed by atoms with Gasteiger partial charge in [0.2, 0.25) is 0 Å². The van der Waals surface area contributed by atoms with E-state index in [9.17, 15) is 4.79 Å². The third-order valence-corrected chi connectivity index (χ3v) is 1.77. The lowest BCUT2D eigenvalue weighted by atomic mass is 10.2. The molecule has 13 heavy (non-hydrogen) atoms. The fourth-order valence-corrected chi connectivity index (χ4v) is 0.901. The second kappa shape index (κ2) is 9.65. The van der Waals surface area contributed by atoms with Crippen LogP contribution in [0, 0.1) is 9.85 Å². The van der Waals surface area contributed by atoms with E-state index in [4.69, 9.17) is 4.74 Å². The average molecular weight is 295 g/mol. The summed E-state index contributed by atoms with van der Waals surface area (Å²) in [6.07, 6.45) is 2.91. The van der Waals surface area contributed by atoms with Crippen LogP contribution in [0.2, 0.25) is 0 Å². The van der Waals surface area contributed by atoms with Gasteiger partial charge in [0.25, 0.3) is 0 Å². The predicted molar refractivity (Wildman–Crippen MR) is 60.7 cm³/mol. The van der Waals surface area contributed by atoms with Crippen molar-refractivity contribution in [1.29, 1.82) is 0 Å². The molecule has 0 radical (unpaired) electrons. The van der Waals surface area contributed by atoms with Gasteiger partial charge in [0, 0.05) is 29.1 Å². The van der Waals surface area contributed by atoms with Crippen LogP contribution < -0.4 is 5.32 Å². The minimum absolute atomic E-state index is 0.169. The monoisotopic (exact) mass is 295 g/mol. The molecule has 0 aromatic carbocycles. The number of ether oxygens (including phenoxy) is 1. The highest BCUT2D eigenvalue weighted by Crippen LogP contribution is 1.91. The third kappa shape index (κ3) is 9.47. The van der Waals surface area contributed by atoms with E-state index >= 15 is 0 Å². The Morgan fingerprint density at radius 3 is 2.92 bits per heavy atom. The number of hydrogen-bond acceptors (Lipinski definition) is 2. The number of hydrogen-bond donors (Lipinski definition) is 1. The number of halogens is 1. The van der Waals surface area contributed by atoms with Crippen molar-refractivity contribution in [2.45, 2.75) is 26.2 Å². The number of unbranched alkanes of at least 4 members (excludes halogenated alkanes) is 2. The summed E-state index contributed by atoms with van der Waals surface area (Å²) in [6, 6.07) is 0. The van der Waals surface area contributed by atoms with Crippen LogP contribution in [0.3, 0.4) is 0 Å². The highest BCUT2D eigenvalue weighted by Gasteiger charge is 1.97. The Morgan fingerprint density at radius 1 is 1.54 bits per heavy atom. The molecule has 0 spiro atoms. The lowest BCUT2D eigenvalue weighted by molar-refractivity contribution is 0.160. The maximum absolute atomic E-state index is 10.9. The Morgan fingerprint density at radius 2 is 2.31 bits per heavy atom. The zero-order valence-electron chi connectivity index (χ0n) is 7.73. The predicted octanol–water partition coefficient (Wildman–Crippen LogP) is 2.30. The molecular weight excluding hydrogens is 281 g/mol. The lowest BCUT2D eigenvalue weighted by Gasteiger charge is -2.03. The molecule has 0 atom stereocenters. The first-order valence-corrected chi connectivity index (χ1v) is 5.38. The highest BCUT2D eigenvalue weighted by atomic mass is 127. The summed E-state index contributed by atoms with van der Waals surface area (Å²) in [7, 11) is 0. The minimum Gasteiger partial charge on any atom is -0.436 e. The summed E-state index contributed by atoms with van der Waals surface area (Å²) in [5, 5.41) is 2.64. The quantitative estimate of drug-likeness (QED) is 0.480. The summed E-state index contributed by atoms with van der Waals surface area (Å²) in [6.45, 7) is 2.97. The van der Waals surface area contributed by atoms with Crippen molar-refractivity contribution in [2.75, 3.05) is 13.2 Å². The van der Waals surface area contributed by atoms with Crippen LogP contribution in [-0.4, -0.2) is 19.2 Å². The number of carbonyl (C=O) groups is 1. The van der Waals surface area contributed by atoms with Crippen LogP contribution in [0.4, 0.5) is 4.79 Å². The van der Waals surface area contributed by atoms with Crippen molar-refractivity contribution in [3.05, 3.63) is 0 Å². The molecular formula is C9H14INO2. The summed E-state index contributed by atoms with van der Waals surface area (Å²) in [5.41, 5.74) is 0. The molecule has 0 unspecified atom stereocenters. The van der Waals surface area contributed by atoms with Crippen LogP contribution in [0.5, 0.6) is 0 Å². The van der Waals surface area contributed by atoms with E-state index in [1.807, 2.05) is 22.6 Å². The second-order valence-corrected chi connectivity index (χ2v) is 3.02. The fourth-order valence-electron chi connectivity index (χ4n) is 0.745. The van der Waals surface area contributed by atoms with Gasteiger partial charge >= 0.3 is 6.09 Å². The summed E-state index contributed by atoms with van der Waals surface area (Å²) >= 11 is 1.90. The Hall–Kier alpha value is -0.440. The van der Waals surface area contributed by atoms with Gasteiger partial charge in [-0.2, -0.15) is 0 Å². The van der Waals surface area contributed by atoms with Crippen molar-refractivity contribution >= 4 is 28.7 Å². The number of carbonyl (C=O) groups excluding carboxylic acids is 1. The van der Waals surface area contributed by atoms with Gasteiger partial charge in [-0.25, -0.2) is 4.79 Å². The van der Waals surface area contributed by atoms with E-state index in [1.54, 1.807) is 0 Å². The first-order chi connectivity index (χ1) is 6.31. The molecule has 3 nitrogen and oxygen atoms in total. The summed E-state index contributed by atoms with van der Waals surface area (Å²) in [5.74, 6) is 2.63.